The van der Waals surface area contributed by atoms with Crippen molar-refractivity contribution in [2.75, 3.05) is 37.2 Å². The van der Waals surface area contributed by atoms with Gasteiger partial charge in [-0.15, -0.1) is 0 Å². The second kappa shape index (κ2) is 9.07. The van der Waals surface area contributed by atoms with E-state index in [-0.39, 0.29) is 0 Å². The molecule has 27 heavy (non-hydrogen) atoms. The van der Waals surface area contributed by atoms with E-state index in [2.05, 4.69) is 79.1 Å². The van der Waals surface area contributed by atoms with Crippen molar-refractivity contribution in [1.29, 1.82) is 0 Å². The molecule has 3 rings (SSSR count). The Morgan fingerprint density at radius 1 is 0.741 bits per heavy atom. The lowest BCUT2D eigenvalue weighted by molar-refractivity contribution is 0.202. The molecule has 0 saturated heterocycles. The Morgan fingerprint density at radius 3 is 1.59 bits per heavy atom. The van der Waals surface area contributed by atoms with E-state index < -0.39 is 0 Å². The highest BCUT2D eigenvalue weighted by Gasteiger charge is 2.23. The predicted molar refractivity (Wildman–Crippen MR) is 111 cm³/mol. The summed E-state index contributed by atoms with van der Waals surface area (Å²) in [5.41, 5.74) is 7.35. The summed E-state index contributed by atoms with van der Waals surface area (Å²) in [6.45, 7) is 9.20. The zero-order chi connectivity index (χ0) is 19.2. The fraction of sp³-hybridized carbons (Fsp3) is 0.348. The molecule has 0 amide bonds. The van der Waals surface area contributed by atoms with Crippen LogP contribution in [0.2, 0.25) is 0 Å². The van der Waals surface area contributed by atoms with Gasteiger partial charge in [-0.3, -0.25) is 0 Å². The maximum Gasteiger partial charge on any atom is 0.217 e. The fourth-order valence-electron chi connectivity index (χ4n) is 3.52. The molecule has 0 aliphatic carbocycles. The van der Waals surface area contributed by atoms with Crippen LogP contribution in [0.5, 0.6) is 0 Å². The largest absolute Gasteiger partial charge is 0.384 e. The van der Waals surface area contributed by atoms with Crippen LogP contribution in [0.4, 0.5) is 11.4 Å². The molecule has 0 N–H and O–H groups in total. The van der Waals surface area contributed by atoms with Gasteiger partial charge in [-0.1, -0.05) is 36.4 Å². The van der Waals surface area contributed by atoms with Gasteiger partial charge in [-0.05, 0) is 48.9 Å². The number of ether oxygens (including phenoxy) is 2. The van der Waals surface area contributed by atoms with Crippen LogP contribution in [0.1, 0.15) is 22.3 Å². The van der Waals surface area contributed by atoms with E-state index in [9.17, 15) is 0 Å². The number of benzene rings is 2. The number of hydrogen-bond donors (Lipinski definition) is 0. The van der Waals surface area contributed by atoms with Gasteiger partial charge in [0.1, 0.15) is 0 Å². The number of nitrogens with zero attached hydrogens (tertiary/aromatic N) is 2. The van der Waals surface area contributed by atoms with Gasteiger partial charge < -0.3 is 19.3 Å². The van der Waals surface area contributed by atoms with Crippen molar-refractivity contribution >= 4 is 11.4 Å². The molecule has 0 spiro atoms. The van der Waals surface area contributed by atoms with E-state index in [0.717, 1.165) is 12.8 Å². The number of aryl methyl sites for hydroxylation is 2. The zero-order valence-electron chi connectivity index (χ0n) is 16.7. The Kier molecular flexibility index (Phi) is 6.54. The van der Waals surface area contributed by atoms with Crippen LogP contribution in [-0.2, 0) is 22.3 Å². The Morgan fingerprint density at radius 2 is 1.19 bits per heavy atom. The Labute approximate surface area is 163 Å². The smallest absolute Gasteiger partial charge is 0.217 e. The minimum absolute atomic E-state index is 0.705. The second-order valence-electron chi connectivity index (χ2n) is 6.79. The second-order valence-corrected chi connectivity index (χ2v) is 6.79. The third kappa shape index (κ3) is 4.34. The average Bonchev–Trinajstić information content (AvgIpc) is 3.13. The quantitative estimate of drug-likeness (QED) is 0.690. The summed E-state index contributed by atoms with van der Waals surface area (Å²) >= 11 is 0. The zero-order valence-corrected chi connectivity index (χ0v) is 16.7. The van der Waals surface area contributed by atoms with Crippen molar-refractivity contribution in [2.24, 2.45) is 0 Å². The highest BCUT2D eigenvalue weighted by molar-refractivity contribution is 5.71. The molecule has 0 saturated carbocycles. The minimum atomic E-state index is 0.705. The van der Waals surface area contributed by atoms with Crippen molar-refractivity contribution in [1.82, 2.24) is 0 Å². The van der Waals surface area contributed by atoms with Crippen molar-refractivity contribution < 1.29 is 9.47 Å². The molecule has 2 radical (unpaired) electrons. The lowest BCUT2D eigenvalue weighted by Gasteiger charge is -2.25. The van der Waals surface area contributed by atoms with Crippen LogP contribution in [0, 0.1) is 20.5 Å². The summed E-state index contributed by atoms with van der Waals surface area (Å²) in [5.74, 6) is 0. The van der Waals surface area contributed by atoms with Crippen LogP contribution in [0.25, 0.3) is 0 Å². The van der Waals surface area contributed by atoms with Crippen molar-refractivity contribution in [3.05, 3.63) is 77.7 Å². The van der Waals surface area contributed by atoms with Gasteiger partial charge in [0, 0.05) is 38.0 Å². The van der Waals surface area contributed by atoms with Gasteiger partial charge in [0.2, 0.25) is 6.67 Å². The van der Waals surface area contributed by atoms with Crippen LogP contribution in [0.15, 0.2) is 48.8 Å². The molecule has 4 heteroatoms. The van der Waals surface area contributed by atoms with Crippen molar-refractivity contribution in [3.8, 4) is 0 Å². The monoisotopic (exact) mass is 364 g/mol. The van der Waals surface area contributed by atoms with E-state index in [4.69, 9.17) is 9.47 Å². The van der Waals surface area contributed by atoms with Gasteiger partial charge in [0.05, 0.1) is 13.2 Å². The van der Waals surface area contributed by atoms with E-state index >= 15 is 0 Å². The van der Waals surface area contributed by atoms with Gasteiger partial charge in [0.25, 0.3) is 0 Å². The van der Waals surface area contributed by atoms with Gasteiger partial charge in [0.15, 0.2) is 0 Å². The van der Waals surface area contributed by atoms with Crippen molar-refractivity contribution in [2.45, 2.75) is 26.7 Å². The molecule has 1 aliphatic rings. The molecule has 0 fully saturated rings. The van der Waals surface area contributed by atoms with E-state index in [0.29, 0.717) is 13.2 Å². The number of para-hydroxylation sites is 2. The van der Waals surface area contributed by atoms with Crippen molar-refractivity contribution in [3.63, 3.8) is 0 Å². The summed E-state index contributed by atoms with van der Waals surface area (Å²) in [6, 6.07) is 12.8. The molecule has 1 heterocycles. The summed E-state index contributed by atoms with van der Waals surface area (Å²) in [7, 11) is 3.48. The topological polar surface area (TPSA) is 24.9 Å². The lowest BCUT2D eigenvalue weighted by Crippen LogP contribution is -2.22. The molecule has 0 unspecified atom stereocenters. The number of hydrogen-bond acceptors (Lipinski definition) is 4. The van der Waals surface area contributed by atoms with Gasteiger partial charge >= 0.3 is 0 Å². The average molecular weight is 364 g/mol. The molecule has 2 aromatic carbocycles. The molecule has 1 aliphatic heterocycles. The first-order valence-electron chi connectivity index (χ1n) is 9.33. The molecular weight excluding hydrogens is 336 g/mol. The SMILES string of the molecule is COCCc1cccc(C)c1N1[C]N(c2c(C)cccc2CCOC)C=C1. The van der Waals surface area contributed by atoms with Gasteiger partial charge in [-0.25, -0.2) is 0 Å². The molecule has 2 aromatic rings. The number of methoxy groups -OCH3 is 2. The summed E-state index contributed by atoms with van der Waals surface area (Å²) in [4.78, 5) is 4.18. The standard InChI is InChI=1S/C23H28N2O2/c1-18-7-5-9-20(11-15-26-3)22(18)24-13-14-25(17-24)23-19(2)8-6-10-21(23)12-16-27-4/h5-10,13-14H,11-12,15-16H2,1-4H3. The van der Waals surface area contributed by atoms with E-state index in [1.54, 1.807) is 14.2 Å². The summed E-state index contributed by atoms with van der Waals surface area (Å²) in [5, 5.41) is 0. The summed E-state index contributed by atoms with van der Waals surface area (Å²) in [6.07, 6.45) is 5.91. The molecule has 4 nitrogen and oxygen atoms in total. The first-order valence-corrected chi connectivity index (χ1v) is 9.33. The Bertz CT molecular complexity index is 735. The van der Waals surface area contributed by atoms with E-state index in [1.807, 2.05) is 0 Å². The molecule has 0 bridgehead atoms. The predicted octanol–water partition coefficient (Wildman–Crippen LogP) is 4.48. The number of rotatable bonds is 8. The third-order valence-electron chi connectivity index (χ3n) is 4.86. The van der Waals surface area contributed by atoms with Crippen LogP contribution < -0.4 is 9.80 Å². The maximum absolute atomic E-state index is 5.28. The van der Waals surface area contributed by atoms with Crippen LogP contribution in [0.3, 0.4) is 0 Å². The lowest BCUT2D eigenvalue weighted by atomic mass is 10.0. The number of anilines is 2. The molecular formula is C23H28N2O2. The highest BCUT2D eigenvalue weighted by Crippen LogP contribution is 2.35. The molecule has 0 aromatic heterocycles. The Hall–Kier alpha value is -2.30. The Balaban J connectivity index is 1.86. The van der Waals surface area contributed by atoms with E-state index in [1.165, 1.54) is 33.6 Å². The molecule has 0 atom stereocenters. The fourth-order valence-corrected chi connectivity index (χ4v) is 3.52. The first-order chi connectivity index (χ1) is 13.2. The third-order valence-corrected chi connectivity index (χ3v) is 4.86. The summed E-state index contributed by atoms with van der Waals surface area (Å²) < 4.78 is 10.6. The van der Waals surface area contributed by atoms with Crippen LogP contribution in [-0.4, -0.2) is 27.4 Å². The minimum Gasteiger partial charge on any atom is -0.384 e. The normalized spacial score (nSPS) is 13.6. The van der Waals surface area contributed by atoms with Gasteiger partial charge in [-0.2, -0.15) is 0 Å². The highest BCUT2D eigenvalue weighted by atomic mass is 16.5. The van der Waals surface area contributed by atoms with Crippen LogP contribution >= 0.6 is 0 Å². The maximum atomic E-state index is 5.28. The molecule has 142 valence electrons. The first kappa shape index (κ1) is 19.5.